The van der Waals surface area contributed by atoms with Gasteiger partial charge in [-0.15, -0.1) is 0 Å². The number of fused-ring (bicyclic) bond motifs is 1. The van der Waals surface area contributed by atoms with E-state index in [1.165, 1.54) is 25.1 Å². The molecule has 2 unspecified atom stereocenters. The van der Waals surface area contributed by atoms with Crippen LogP contribution in [0.15, 0.2) is 47.4 Å². The maximum Gasteiger partial charge on any atom is 0.265 e. The van der Waals surface area contributed by atoms with Crippen LogP contribution in [0, 0.1) is 6.92 Å². The van der Waals surface area contributed by atoms with Crippen molar-refractivity contribution in [3.63, 3.8) is 0 Å². The maximum atomic E-state index is 13.7. The summed E-state index contributed by atoms with van der Waals surface area (Å²) in [6.07, 6.45) is 0.306. The number of anilines is 1. The van der Waals surface area contributed by atoms with Crippen LogP contribution in [0.25, 0.3) is 0 Å². The number of rotatable bonds is 6. The Morgan fingerprint density at radius 2 is 1.76 bits per heavy atom. The summed E-state index contributed by atoms with van der Waals surface area (Å²) in [5.41, 5.74) is 1.25. The Kier molecular flexibility index (Phi) is 6.28. The Balaban J connectivity index is 1.68. The number of carbonyl (C=O) groups is 1. The van der Waals surface area contributed by atoms with Crippen LogP contribution in [0.2, 0.25) is 0 Å². The third kappa shape index (κ3) is 4.93. The van der Waals surface area contributed by atoms with Gasteiger partial charge in [-0.25, -0.2) is 16.8 Å². The first-order valence-corrected chi connectivity index (χ1v) is 13.8. The molecule has 1 saturated heterocycles. The van der Waals surface area contributed by atoms with E-state index in [-0.39, 0.29) is 16.4 Å². The van der Waals surface area contributed by atoms with Gasteiger partial charge in [0.05, 0.1) is 22.1 Å². The molecule has 0 aliphatic carbocycles. The quantitative estimate of drug-likeness (QED) is 0.649. The second-order valence-electron chi connectivity index (χ2n) is 8.23. The largest absolute Gasteiger partial charge is 0.486 e. The Bertz CT molecular complexity index is 1260. The number of sulfonamides is 1. The summed E-state index contributed by atoms with van der Waals surface area (Å²) in [6.45, 7) is 4.04. The van der Waals surface area contributed by atoms with E-state index in [1.54, 1.807) is 24.3 Å². The summed E-state index contributed by atoms with van der Waals surface area (Å²) < 4.78 is 63.1. The topological polar surface area (TPSA) is 119 Å². The summed E-state index contributed by atoms with van der Waals surface area (Å²) in [6, 6.07) is 9.45. The van der Waals surface area contributed by atoms with Crippen molar-refractivity contribution in [2.24, 2.45) is 0 Å². The van der Waals surface area contributed by atoms with Crippen molar-refractivity contribution >= 4 is 31.5 Å². The molecule has 2 atom stereocenters. The highest BCUT2D eigenvalue weighted by Crippen LogP contribution is 2.35. The van der Waals surface area contributed by atoms with E-state index in [0.717, 1.165) is 9.87 Å². The van der Waals surface area contributed by atoms with Crippen LogP contribution in [0.5, 0.6) is 11.5 Å². The number of ether oxygens (including phenoxy) is 2. The van der Waals surface area contributed by atoms with Crippen LogP contribution in [0.3, 0.4) is 0 Å². The predicted molar refractivity (Wildman–Crippen MR) is 123 cm³/mol. The molecule has 1 amide bonds. The van der Waals surface area contributed by atoms with Gasteiger partial charge in [0, 0.05) is 12.1 Å². The van der Waals surface area contributed by atoms with Gasteiger partial charge < -0.3 is 14.8 Å². The lowest BCUT2D eigenvalue weighted by Crippen LogP contribution is -2.50. The Labute approximate surface area is 193 Å². The molecule has 178 valence electrons. The second kappa shape index (κ2) is 8.86. The number of amides is 1. The van der Waals surface area contributed by atoms with Gasteiger partial charge in [-0.3, -0.25) is 9.10 Å². The first-order chi connectivity index (χ1) is 15.6. The van der Waals surface area contributed by atoms with Crippen molar-refractivity contribution < 1.29 is 31.1 Å². The van der Waals surface area contributed by atoms with Crippen molar-refractivity contribution in [3.05, 3.63) is 48.0 Å². The summed E-state index contributed by atoms with van der Waals surface area (Å²) in [5, 5.41) is 2.70. The van der Waals surface area contributed by atoms with E-state index in [4.69, 9.17) is 9.47 Å². The minimum absolute atomic E-state index is 0.00347. The van der Waals surface area contributed by atoms with Gasteiger partial charge in [-0.1, -0.05) is 17.7 Å². The average Bonchev–Trinajstić information content (AvgIpc) is 3.12. The van der Waals surface area contributed by atoms with E-state index in [2.05, 4.69) is 5.32 Å². The highest BCUT2D eigenvalue weighted by atomic mass is 32.2. The van der Waals surface area contributed by atoms with Crippen molar-refractivity contribution in [2.45, 2.75) is 37.2 Å². The molecular weight excluding hydrogens is 468 g/mol. The molecule has 4 rings (SSSR count). The van der Waals surface area contributed by atoms with Gasteiger partial charge in [0.15, 0.2) is 21.3 Å². The molecular formula is C22H26N2O7S2. The molecule has 33 heavy (non-hydrogen) atoms. The first kappa shape index (κ1) is 23.4. The molecule has 1 N–H and O–H groups in total. The van der Waals surface area contributed by atoms with Crippen LogP contribution in [-0.4, -0.2) is 59.5 Å². The fourth-order valence-electron chi connectivity index (χ4n) is 3.90. The molecule has 11 heteroatoms. The number of aryl methyl sites for hydroxylation is 1. The number of nitrogens with one attached hydrogen (secondary N) is 1. The predicted octanol–water partition coefficient (Wildman–Crippen LogP) is 1.65. The van der Waals surface area contributed by atoms with E-state index in [0.29, 0.717) is 36.8 Å². The first-order valence-electron chi connectivity index (χ1n) is 10.6. The number of nitrogens with zero attached hydrogens (tertiary/aromatic N) is 1. The van der Waals surface area contributed by atoms with Crippen molar-refractivity contribution in [3.8, 4) is 11.5 Å². The highest BCUT2D eigenvalue weighted by Gasteiger charge is 2.36. The van der Waals surface area contributed by atoms with Gasteiger partial charge in [-0.05, 0) is 44.5 Å². The lowest BCUT2D eigenvalue weighted by molar-refractivity contribution is -0.122. The summed E-state index contributed by atoms with van der Waals surface area (Å²) >= 11 is 0. The number of sulfone groups is 1. The zero-order valence-corrected chi connectivity index (χ0v) is 20.0. The van der Waals surface area contributed by atoms with E-state index >= 15 is 0 Å². The maximum absolute atomic E-state index is 13.7. The Morgan fingerprint density at radius 1 is 1.09 bits per heavy atom. The van der Waals surface area contributed by atoms with Crippen molar-refractivity contribution in [1.29, 1.82) is 0 Å². The SMILES string of the molecule is Cc1ccc(N(C(C)C(=O)NC2CCS(=O)(=O)C2)S(=O)(=O)c2ccc3c(c2)OCCO3)cc1. The summed E-state index contributed by atoms with van der Waals surface area (Å²) in [7, 11) is -7.38. The number of benzene rings is 2. The molecule has 2 heterocycles. The zero-order valence-electron chi connectivity index (χ0n) is 18.4. The van der Waals surface area contributed by atoms with Crippen LogP contribution in [-0.2, 0) is 24.7 Å². The molecule has 0 bridgehead atoms. The standard InChI is InChI=1S/C22H26N2O7S2/c1-15-3-5-18(6-4-15)24(16(2)22(25)23-17-9-12-32(26,27)14-17)33(28,29)19-7-8-20-21(13-19)31-11-10-30-20/h3-8,13,16-17H,9-12,14H2,1-2H3,(H,23,25). The minimum Gasteiger partial charge on any atom is -0.486 e. The van der Waals surface area contributed by atoms with Gasteiger partial charge in [0.1, 0.15) is 19.3 Å². The normalized spacial score (nSPS) is 20.1. The van der Waals surface area contributed by atoms with Gasteiger partial charge in [0.2, 0.25) is 5.91 Å². The molecule has 2 aliphatic heterocycles. The van der Waals surface area contributed by atoms with Crippen molar-refractivity contribution in [2.75, 3.05) is 29.0 Å². The number of hydrogen-bond acceptors (Lipinski definition) is 7. The minimum atomic E-state index is -4.18. The van der Waals surface area contributed by atoms with Crippen LogP contribution >= 0.6 is 0 Å². The van der Waals surface area contributed by atoms with Crippen LogP contribution in [0.1, 0.15) is 18.9 Å². The number of hydrogen-bond donors (Lipinski definition) is 1. The van der Waals surface area contributed by atoms with Gasteiger partial charge in [-0.2, -0.15) is 0 Å². The summed E-state index contributed by atoms with van der Waals surface area (Å²) in [4.78, 5) is 13.0. The van der Waals surface area contributed by atoms with Gasteiger partial charge >= 0.3 is 0 Å². The third-order valence-corrected chi connectivity index (χ3v) is 9.33. The molecule has 0 aromatic heterocycles. The van der Waals surface area contributed by atoms with Gasteiger partial charge in [0.25, 0.3) is 10.0 Å². The average molecular weight is 495 g/mol. The van der Waals surface area contributed by atoms with E-state index in [1.807, 2.05) is 6.92 Å². The Hall–Kier alpha value is -2.79. The highest BCUT2D eigenvalue weighted by molar-refractivity contribution is 7.93. The lowest BCUT2D eigenvalue weighted by atomic mass is 10.2. The van der Waals surface area contributed by atoms with E-state index in [9.17, 15) is 21.6 Å². The fourth-order valence-corrected chi connectivity index (χ4v) is 7.20. The molecule has 2 aromatic rings. The molecule has 2 aromatic carbocycles. The molecule has 0 saturated carbocycles. The van der Waals surface area contributed by atoms with Crippen molar-refractivity contribution in [1.82, 2.24) is 5.32 Å². The summed E-state index contributed by atoms with van der Waals surface area (Å²) in [5.74, 6) is 0.0579. The molecule has 0 radical (unpaired) electrons. The fraction of sp³-hybridized carbons (Fsp3) is 0.409. The van der Waals surface area contributed by atoms with E-state index < -0.39 is 37.9 Å². The Morgan fingerprint density at radius 3 is 2.39 bits per heavy atom. The smallest absolute Gasteiger partial charge is 0.265 e. The lowest BCUT2D eigenvalue weighted by Gasteiger charge is -2.31. The molecule has 1 fully saturated rings. The molecule has 2 aliphatic rings. The zero-order chi connectivity index (χ0) is 23.8. The van der Waals surface area contributed by atoms with Crippen LogP contribution < -0.4 is 19.1 Å². The third-order valence-electron chi connectivity index (χ3n) is 5.67. The molecule has 0 spiro atoms. The second-order valence-corrected chi connectivity index (χ2v) is 12.3. The number of carbonyl (C=O) groups excluding carboxylic acids is 1. The van der Waals surface area contributed by atoms with Crippen LogP contribution in [0.4, 0.5) is 5.69 Å². The molecule has 9 nitrogen and oxygen atoms in total. The monoisotopic (exact) mass is 494 g/mol.